The Bertz CT molecular complexity index is 1030. The van der Waals surface area contributed by atoms with E-state index in [0.717, 1.165) is 12.1 Å². The SMILES string of the molecule is Cn1cnnc1-c1ccccc1NS(=O)(=O)c1ccc([N+](=O)[O-])cc1. The van der Waals surface area contributed by atoms with Gasteiger partial charge in [-0.1, -0.05) is 12.1 Å². The summed E-state index contributed by atoms with van der Waals surface area (Å²) in [7, 11) is -2.17. The van der Waals surface area contributed by atoms with Gasteiger partial charge < -0.3 is 4.57 Å². The molecule has 0 atom stereocenters. The Morgan fingerprint density at radius 3 is 2.40 bits per heavy atom. The van der Waals surface area contributed by atoms with Crippen LogP contribution in [0, 0.1) is 10.1 Å². The van der Waals surface area contributed by atoms with Gasteiger partial charge in [-0.05, 0) is 24.3 Å². The molecule has 0 fully saturated rings. The molecule has 9 nitrogen and oxygen atoms in total. The van der Waals surface area contributed by atoms with Gasteiger partial charge in [0.2, 0.25) is 0 Å². The van der Waals surface area contributed by atoms with Crippen LogP contribution < -0.4 is 4.72 Å². The average molecular weight is 359 g/mol. The highest BCUT2D eigenvalue weighted by molar-refractivity contribution is 7.92. The van der Waals surface area contributed by atoms with Crippen molar-refractivity contribution in [2.75, 3.05) is 4.72 Å². The van der Waals surface area contributed by atoms with Crippen LogP contribution in [0.4, 0.5) is 11.4 Å². The number of benzene rings is 2. The lowest BCUT2D eigenvalue weighted by Gasteiger charge is -2.12. The van der Waals surface area contributed by atoms with Crippen LogP contribution in [0.15, 0.2) is 59.8 Å². The van der Waals surface area contributed by atoms with E-state index >= 15 is 0 Å². The molecule has 0 aliphatic rings. The monoisotopic (exact) mass is 359 g/mol. The number of non-ortho nitro benzene ring substituents is 1. The molecular weight excluding hydrogens is 346 g/mol. The van der Waals surface area contributed by atoms with Crippen LogP contribution in [-0.2, 0) is 17.1 Å². The number of nitrogens with zero attached hydrogens (tertiary/aromatic N) is 4. The van der Waals surface area contributed by atoms with Crippen molar-refractivity contribution in [1.82, 2.24) is 14.8 Å². The maximum Gasteiger partial charge on any atom is 0.269 e. The maximum atomic E-state index is 12.6. The number of para-hydroxylation sites is 1. The molecule has 0 radical (unpaired) electrons. The normalized spacial score (nSPS) is 11.2. The van der Waals surface area contributed by atoms with Crippen LogP contribution in [-0.4, -0.2) is 28.1 Å². The number of rotatable bonds is 5. The van der Waals surface area contributed by atoms with E-state index in [0.29, 0.717) is 17.1 Å². The van der Waals surface area contributed by atoms with Gasteiger partial charge in [0.25, 0.3) is 15.7 Å². The summed E-state index contributed by atoms with van der Waals surface area (Å²) in [6, 6.07) is 11.4. The summed E-state index contributed by atoms with van der Waals surface area (Å²) in [4.78, 5) is 10.0. The van der Waals surface area contributed by atoms with Crippen LogP contribution in [0.5, 0.6) is 0 Å². The molecular formula is C15H13N5O4S. The molecule has 1 heterocycles. The second kappa shape index (κ2) is 6.32. The van der Waals surface area contributed by atoms with Crippen molar-refractivity contribution in [1.29, 1.82) is 0 Å². The number of aryl methyl sites for hydroxylation is 1. The van der Waals surface area contributed by atoms with Gasteiger partial charge in [0, 0.05) is 24.7 Å². The molecule has 25 heavy (non-hydrogen) atoms. The highest BCUT2D eigenvalue weighted by Gasteiger charge is 2.19. The van der Waals surface area contributed by atoms with E-state index in [-0.39, 0.29) is 10.6 Å². The zero-order valence-electron chi connectivity index (χ0n) is 13.0. The van der Waals surface area contributed by atoms with Crippen LogP contribution in [0.2, 0.25) is 0 Å². The molecule has 128 valence electrons. The number of aromatic nitrogens is 3. The number of nitro benzene ring substituents is 1. The van der Waals surface area contributed by atoms with Gasteiger partial charge in [0.15, 0.2) is 5.82 Å². The van der Waals surface area contributed by atoms with Crippen molar-refractivity contribution in [2.24, 2.45) is 7.05 Å². The summed E-state index contributed by atoms with van der Waals surface area (Å²) < 4.78 is 29.3. The van der Waals surface area contributed by atoms with E-state index in [4.69, 9.17) is 0 Å². The minimum Gasteiger partial charge on any atom is -0.317 e. The second-order valence-corrected chi connectivity index (χ2v) is 6.85. The fraction of sp³-hybridized carbons (Fsp3) is 0.0667. The largest absolute Gasteiger partial charge is 0.317 e. The lowest BCUT2D eigenvalue weighted by Crippen LogP contribution is -2.14. The van der Waals surface area contributed by atoms with Crippen LogP contribution in [0.3, 0.4) is 0 Å². The van der Waals surface area contributed by atoms with Crippen molar-refractivity contribution in [3.05, 3.63) is 65.0 Å². The Balaban J connectivity index is 1.97. The Morgan fingerprint density at radius 1 is 1.12 bits per heavy atom. The highest BCUT2D eigenvalue weighted by Crippen LogP contribution is 2.28. The predicted octanol–water partition coefficient (Wildman–Crippen LogP) is 2.19. The summed E-state index contributed by atoms with van der Waals surface area (Å²) in [6.07, 6.45) is 1.51. The summed E-state index contributed by atoms with van der Waals surface area (Å²) in [5.74, 6) is 0.502. The van der Waals surface area contributed by atoms with Gasteiger partial charge in [-0.2, -0.15) is 0 Å². The molecule has 0 saturated heterocycles. The number of nitrogens with one attached hydrogen (secondary N) is 1. The first kappa shape index (κ1) is 16.6. The fourth-order valence-electron chi connectivity index (χ4n) is 2.24. The predicted molar refractivity (Wildman–Crippen MR) is 90.3 cm³/mol. The van der Waals surface area contributed by atoms with Crippen molar-refractivity contribution in [3.63, 3.8) is 0 Å². The van der Waals surface area contributed by atoms with E-state index in [1.165, 1.54) is 18.5 Å². The van der Waals surface area contributed by atoms with Crippen LogP contribution >= 0.6 is 0 Å². The van der Waals surface area contributed by atoms with Crippen molar-refractivity contribution in [2.45, 2.75) is 4.90 Å². The molecule has 0 aliphatic heterocycles. The third kappa shape index (κ3) is 3.33. The minimum atomic E-state index is -3.91. The van der Waals surface area contributed by atoms with Gasteiger partial charge in [-0.3, -0.25) is 14.8 Å². The molecule has 3 aromatic rings. The molecule has 0 amide bonds. The van der Waals surface area contributed by atoms with E-state index in [1.54, 1.807) is 35.9 Å². The van der Waals surface area contributed by atoms with Crippen LogP contribution in [0.1, 0.15) is 0 Å². The van der Waals surface area contributed by atoms with E-state index < -0.39 is 14.9 Å². The molecule has 1 aromatic heterocycles. The first-order chi connectivity index (χ1) is 11.9. The first-order valence-corrected chi connectivity index (χ1v) is 8.57. The molecule has 0 spiro atoms. The molecule has 2 aromatic carbocycles. The molecule has 0 saturated carbocycles. The van der Waals surface area contributed by atoms with Crippen molar-refractivity contribution >= 4 is 21.4 Å². The Kier molecular flexibility index (Phi) is 4.19. The lowest BCUT2D eigenvalue weighted by atomic mass is 10.2. The first-order valence-electron chi connectivity index (χ1n) is 7.09. The summed E-state index contributed by atoms with van der Waals surface area (Å²) in [5.41, 5.74) is 0.711. The molecule has 1 N–H and O–H groups in total. The lowest BCUT2D eigenvalue weighted by molar-refractivity contribution is -0.384. The average Bonchev–Trinajstić information content (AvgIpc) is 3.01. The molecule has 10 heteroatoms. The van der Waals surface area contributed by atoms with Gasteiger partial charge in [0.05, 0.1) is 15.5 Å². The molecule has 0 bridgehead atoms. The van der Waals surface area contributed by atoms with Crippen molar-refractivity contribution < 1.29 is 13.3 Å². The van der Waals surface area contributed by atoms with E-state index in [1.807, 2.05) is 0 Å². The van der Waals surface area contributed by atoms with Gasteiger partial charge in [0.1, 0.15) is 6.33 Å². The fourth-order valence-corrected chi connectivity index (χ4v) is 3.32. The van der Waals surface area contributed by atoms with Gasteiger partial charge in [-0.15, -0.1) is 10.2 Å². The smallest absolute Gasteiger partial charge is 0.269 e. The minimum absolute atomic E-state index is 0.0779. The quantitative estimate of drug-likeness (QED) is 0.551. The van der Waals surface area contributed by atoms with E-state index in [2.05, 4.69) is 14.9 Å². The van der Waals surface area contributed by atoms with E-state index in [9.17, 15) is 18.5 Å². The summed E-state index contributed by atoms with van der Waals surface area (Å²) >= 11 is 0. The zero-order chi connectivity index (χ0) is 18.0. The summed E-state index contributed by atoms with van der Waals surface area (Å²) in [5, 5.41) is 18.5. The number of hydrogen-bond donors (Lipinski definition) is 1. The van der Waals surface area contributed by atoms with Crippen molar-refractivity contribution in [3.8, 4) is 11.4 Å². The van der Waals surface area contributed by atoms with Gasteiger partial charge in [-0.25, -0.2) is 8.42 Å². The third-order valence-corrected chi connectivity index (χ3v) is 4.86. The highest BCUT2D eigenvalue weighted by atomic mass is 32.2. The Morgan fingerprint density at radius 2 is 1.80 bits per heavy atom. The molecule has 0 unspecified atom stereocenters. The number of sulfonamides is 1. The molecule has 3 rings (SSSR count). The number of anilines is 1. The third-order valence-electron chi connectivity index (χ3n) is 3.48. The Labute approximate surface area is 143 Å². The maximum absolute atomic E-state index is 12.6. The molecule has 0 aliphatic carbocycles. The van der Waals surface area contributed by atoms with Crippen LogP contribution in [0.25, 0.3) is 11.4 Å². The summed E-state index contributed by atoms with van der Waals surface area (Å²) in [6.45, 7) is 0. The Hall–Kier alpha value is -3.27. The topological polar surface area (TPSA) is 120 Å². The second-order valence-electron chi connectivity index (χ2n) is 5.17. The standard InChI is InChI=1S/C15H13N5O4S/c1-19-10-16-17-15(19)13-4-2-3-5-14(13)18-25(23,24)12-8-6-11(7-9-12)20(21)22/h2-10,18H,1H3. The van der Waals surface area contributed by atoms with Gasteiger partial charge >= 0.3 is 0 Å². The zero-order valence-corrected chi connectivity index (χ0v) is 13.8. The number of hydrogen-bond acceptors (Lipinski definition) is 6. The number of nitro groups is 1.